The Balaban J connectivity index is 1.75. The number of carbonyl (C=O) groups excluding carboxylic acids is 4. The van der Waals surface area contributed by atoms with Crippen LogP contribution in [-0.2, 0) is 19.1 Å². The van der Waals surface area contributed by atoms with Gasteiger partial charge in [-0.2, -0.15) is 0 Å². The van der Waals surface area contributed by atoms with Gasteiger partial charge < -0.3 is 14.8 Å². The molecule has 2 aromatic rings. The number of nitrogens with one attached hydrogen (secondary N) is 1. The normalized spacial score (nSPS) is 16.1. The Morgan fingerprint density at radius 1 is 0.875 bits per heavy atom. The predicted molar refractivity (Wildman–Crippen MR) is 157 cm³/mol. The highest BCUT2D eigenvalue weighted by Gasteiger charge is 2.35. The zero-order chi connectivity index (χ0) is 28.9. The lowest BCUT2D eigenvalue weighted by atomic mass is 10.1. The van der Waals surface area contributed by atoms with E-state index in [9.17, 15) is 19.2 Å². The Morgan fingerprint density at radius 3 is 2.02 bits per heavy atom. The lowest BCUT2D eigenvalue weighted by Gasteiger charge is -2.32. The van der Waals surface area contributed by atoms with Gasteiger partial charge in [-0.3, -0.25) is 14.5 Å². The van der Waals surface area contributed by atoms with E-state index >= 15 is 0 Å². The van der Waals surface area contributed by atoms with Crippen LogP contribution >= 0.6 is 11.8 Å². The molecule has 1 aliphatic heterocycles. The first-order valence-electron chi connectivity index (χ1n) is 13.8. The second-order valence-corrected chi connectivity index (χ2v) is 10.4. The number of esters is 2. The van der Waals surface area contributed by atoms with E-state index in [1.165, 1.54) is 11.8 Å². The number of hydrogen-bond acceptors (Lipinski definition) is 8. The maximum atomic E-state index is 13.2. The van der Waals surface area contributed by atoms with Crippen molar-refractivity contribution in [1.29, 1.82) is 0 Å². The fraction of sp³-hybridized carbons (Fsp3) is 0.433. The topological polar surface area (TPSA) is 114 Å². The number of anilines is 1. The lowest BCUT2D eigenvalue weighted by molar-refractivity contribution is -0.129. The molecule has 10 heteroatoms. The molecule has 0 aliphatic carbocycles. The number of hydrogen-bond donors (Lipinski definition) is 1. The number of thioether (sulfide) groups is 1. The molecule has 214 valence electrons. The molecule has 1 unspecified atom stereocenters. The quantitative estimate of drug-likeness (QED) is 0.234. The maximum absolute atomic E-state index is 13.2. The van der Waals surface area contributed by atoms with Gasteiger partial charge >= 0.3 is 11.9 Å². The minimum absolute atomic E-state index is 0.0488. The summed E-state index contributed by atoms with van der Waals surface area (Å²) in [5.74, 6) is -1.33. The molecule has 40 heavy (non-hydrogen) atoms. The second-order valence-electron chi connectivity index (χ2n) is 9.22. The average Bonchev–Trinajstić information content (AvgIpc) is 2.95. The number of unbranched alkanes of at least 4 members (excludes halogenated alkanes) is 4. The summed E-state index contributed by atoms with van der Waals surface area (Å²) in [6, 6.07) is 13.1. The van der Waals surface area contributed by atoms with Gasteiger partial charge in [-0.1, -0.05) is 44.4 Å². The third kappa shape index (κ3) is 8.94. The highest BCUT2D eigenvalue weighted by molar-refractivity contribution is 8.15. The standard InChI is InChI=1S/C30H37N3O6S/c1-4-7-8-9-10-19-33-26(34)20-25(27(35)31-23-15-11-21(12-16-23)28(36)38-5-2)40-30(33)32-24-17-13-22(14-18-24)29(37)39-6-3/h11-18,25H,4-10,19-20H2,1-3H3,(H,31,35). The van der Waals surface area contributed by atoms with Crippen LogP contribution in [-0.4, -0.2) is 58.8 Å². The second kappa shape index (κ2) is 15.8. The third-order valence-electron chi connectivity index (χ3n) is 6.18. The minimum Gasteiger partial charge on any atom is -0.462 e. The Hall–Kier alpha value is -3.66. The van der Waals surface area contributed by atoms with E-state index in [1.54, 1.807) is 67.3 Å². The number of benzene rings is 2. The van der Waals surface area contributed by atoms with Gasteiger partial charge in [-0.25, -0.2) is 14.6 Å². The Kier molecular flexibility index (Phi) is 12.2. The zero-order valence-electron chi connectivity index (χ0n) is 23.3. The van der Waals surface area contributed by atoms with Crippen LogP contribution in [0.25, 0.3) is 0 Å². The monoisotopic (exact) mass is 567 g/mol. The highest BCUT2D eigenvalue weighted by atomic mass is 32.2. The molecule has 0 bridgehead atoms. The van der Waals surface area contributed by atoms with Crippen molar-refractivity contribution in [3.05, 3.63) is 59.7 Å². The molecule has 0 saturated carbocycles. The molecule has 9 nitrogen and oxygen atoms in total. The van der Waals surface area contributed by atoms with E-state index < -0.39 is 17.2 Å². The van der Waals surface area contributed by atoms with Gasteiger partial charge in [0.15, 0.2) is 5.17 Å². The number of ether oxygens (including phenoxy) is 2. The molecule has 1 fully saturated rings. The number of amides is 2. The van der Waals surface area contributed by atoms with Crippen molar-refractivity contribution in [3.63, 3.8) is 0 Å². The van der Waals surface area contributed by atoms with Gasteiger partial charge in [-0.15, -0.1) is 0 Å². The molecule has 2 aromatic carbocycles. The first-order chi connectivity index (χ1) is 19.4. The molecule has 0 spiro atoms. The first-order valence-corrected chi connectivity index (χ1v) is 14.6. The molecule has 1 atom stereocenters. The van der Waals surface area contributed by atoms with Crippen molar-refractivity contribution in [2.45, 2.75) is 64.5 Å². The van der Waals surface area contributed by atoms with Gasteiger partial charge in [0.1, 0.15) is 5.25 Å². The molecular formula is C30H37N3O6S. The van der Waals surface area contributed by atoms with E-state index in [4.69, 9.17) is 14.5 Å². The van der Waals surface area contributed by atoms with Gasteiger partial charge in [0, 0.05) is 18.7 Å². The molecule has 0 radical (unpaired) electrons. The van der Waals surface area contributed by atoms with Crippen molar-refractivity contribution >= 4 is 52.1 Å². The molecule has 1 N–H and O–H groups in total. The number of carbonyl (C=O) groups is 4. The number of amidine groups is 1. The van der Waals surface area contributed by atoms with E-state index in [1.807, 2.05) is 0 Å². The number of rotatable bonds is 13. The Bertz CT molecular complexity index is 1200. The summed E-state index contributed by atoms with van der Waals surface area (Å²) < 4.78 is 10.0. The average molecular weight is 568 g/mol. The lowest BCUT2D eigenvalue weighted by Crippen LogP contribution is -2.45. The fourth-order valence-corrected chi connectivity index (χ4v) is 5.18. The van der Waals surface area contributed by atoms with Gasteiger partial charge in [0.2, 0.25) is 11.8 Å². The molecule has 0 aromatic heterocycles. The Morgan fingerprint density at radius 2 is 1.45 bits per heavy atom. The van der Waals surface area contributed by atoms with Crippen LogP contribution in [0.5, 0.6) is 0 Å². The summed E-state index contributed by atoms with van der Waals surface area (Å²) in [6.45, 7) is 6.73. The summed E-state index contributed by atoms with van der Waals surface area (Å²) >= 11 is 1.24. The molecule has 2 amide bonds. The van der Waals surface area contributed by atoms with E-state index in [0.717, 1.165) is 32.1 Å². The van der Waals surface area contributed by atoms with Gasteiger partial charge in [-0.05, 0) is 68.8 Å². The molecule has 3 rings (SSSR count). The number of nitrogens with zero attached hydrogens (tertiary/aromatic N) is 2. The van der Waals surface area contributed by atoms with Crippen molar-refractivity contribution < 1.29 is 28.7 Å². The summed E-state index contributed by atoms with van der Waals surface area (Å²) in [5.41, 5.74) is 1.88. The van der Waals surface area contributed by atoms with Crippen molar-refractivity contribution in [2.75, 3.05) is 25.1 Å². The summed E-state index contributed by atoms with van der Waals surface area (Å²) in [4.78, 5) is 56.6. The van der Waals surface area contributed by atoms with Crippen LogP contribution in [0.15, 0.2) is 53.5 Å². The smallest absolute Gasteiger partial charge is 0.338 e. The molecule has 1 aliphatic rings. The van der Waals surface area contributed by atoms with Crippen molar-refractivity contribution in [1.82, 2.24) is 4.90 Å². The summed E-state index contributed by atoms with van der Waals surface area (Å²) in [6.07, 6.45) is 5.29. The van der Waals surface area contributed by atoms with E-state index in [-0.39, 0.29) is 31.4 Å². The zero-order valence-corrected chi connectivity index (χ0v) is 24.1. The van der Waals surface area contributed by atoms with Crippen molar-refractivity contribution in [2.24, 2.45) is 4.99 Å². The van der Waals surface area contributed by atoms with E-state index in [2.05, 4.69) is 12.2 Å². The largest absolute Gasteiger partial charge is 0.462 e. The van der Waals surface area contributed by atoms with Gasteiger partial charge in [0.25, 0.3) is 0 Å². The fourth-order valence-electron chi connectivity index (χ4n) is 4.06. The maximum Gasteiger partial charge on any atom is 0.338 e. The van der Waals surface area contributed by atoms with Crippen LogP contribution in [0, 0.1) is 0 Å². The predicted octanol–water partition coefficient (Wildman–Crippen LogP) is 5.97. The van der Waals surface area contributed by atoms with E-state index in [0.29, 0.717) is 34.2 Å². The minimum atomic E-state index is -0.675. The number of aliphatic imine (C=N–C) groups is 1. The van der Waals surface area contributed by atoms with Crippen LogP contribution in [0.2, 0.25) is 0 Å². The first kappa shape index (κ1) is 30.9. The van der Waals surface area contributed by atoms with Crippen LogP contribution < -0.4 is 5.32 Å². The molecule has 1 heterocycles. The molecular weight excluding hydrogens is 530 g/mol. The third-order valence-corrected chi connectivity index (χ3v) is 7.37. The Labute approximate surface area is 239 Å². The van der Waals surface area contributed by atoms with Crippen LogP contribution in [0.3, 0.4) is 0 Å². The van der Waals surface area contributed by atoms with Crippen molar-refractivity contribution in [3.8, 4) is 0 Å². The van der Waals surface area contributed by atoms with Crippen LogP contribution in [0.1, 0.15) is 80.0 Å². The summed E-state index contributed by atoms with van der Waals surface area (Å²) in [7, 11) is 0. The highest BCUT2D eigenvalue weighted by Crippen LogP contribution is 2.30. The SMILES string of the molecule is CCCCCCCN1C(=O)CC(C(=O)Nc2ccc(C(=O)OCC)cc2)SC1=Nc1ccc(C(=O)OCC)cc1. The van der Waals surface area contributed by atoms with Gasteiger partial charge in [0.05, 0.1) is 30.0 Å². The molecule has 1 saturated heterocycles. The van der Waals surface area contributed by atoms with Crippen LogP contribution in [0.4, 0.5) is 11.4 Å². The summed E-state index contributed by atoms with van der Waals surface area (Å²) in [5, 5.41) is 2.62.